The van der Waals surface area contributed by atoms with Crippen molar-refractivity contribution in [3.63, 3.8) is 0 Å². The third-order valence-corrected chi connectivity index (χ3v) is 4.96. The van der Waals surface area contributed by atoms with E-state index in [4.69, 9.17) is 20.2 Å². The molecule has 0 radical (unpaired) electrons. The lowest BCUT2D eigenvalue weighted by Crippen LogP contribution is -2.31. The van der Waals surface area contributed by atoms with E-state index in [2.05, 4.69) is 21.8 Å². The number of hydrogen-bond donors (Lipinski definition) is 1. The quantitative estimate of drug-likeness (QED) is 0.667. The van der Waals surface area contributed by atoms with Gasteiger partial charge in [0.05, 0.1) is 0 Å². The first-order valence-corrected chi connectivity index (χ1v) is 8.83. The average molecular weight is 368 g/mol. The van der Waals surface area contributed by atoms with Gasteiger partial charge in [-0.2, -0.15) is 0 Å². The van der Waals surface area contributed by atoms with Gasteiger partial charge in [0, 0.05) is 34.6 Å². The Balaban J connectivity index is 1.75. The van der Waals surface area contributed by atoms with E-state index < -0.39 is 5.54 Å². The average Bonchev–Trinajstić information content (AvgIpc) is 3.12. The number of benzene rings is 2. The second-order valence-electron chi connectivity index (χ2n) is 6.63. The molecule has 2 aliphatic rings. The second-order valence-corrected chi connectivity index (χ2v) is 6.63. The Bertz CT molecular complexity index is 1180. The van der Waals surface area contributed by atoms with Crippen LogP contribution in [-0.4, -0.2) is 22.6 Å². The summed E-state index contributed by atoms with van der Waals surface area (Å²) in [5.74, 6) is 7.48. The summed E-state index contributed by atoms with van der Waals surface area (Å²) in [7, 11) is 0. The van der Waals surface area contributed by atoms with Crippen molar-refractivity contribution in [1.29, 1.82) is 0 Å². The fraction of sp³-hybridized carbons (Fsp3) is 0.136. The first kappa shape index (κ1) is 16.3. The number of amidine groups is 1. The van der Waals surface area contributed by atoms with E-state index >= 15 is 0 Å². The van der Waals surface area contributed by atoms with Crippen LogP contribution >= 0.6 is 0 Å². The number of nitrogens with two attached hydrogens (primary N) is 1. The van der Waals surface area contributed by atoms with Crippen LogP contribution in [0.25, 0.3) is 11.1 Å². The minimum atomic E-state index is -0.774. The van der Waals surface area contributed by atoms with Crippen LogP contribution < -0.4 is 10.5 Å². The van der Waals surface area contributed by atoms with Crippen LogP contribution in [0.4, 0.5) is 0 Å². The molecule has 1 unspecified atom stereocenters. The molecule has 0 fully saturated rings. The Hall–Kier alpha value is -3.85. The molecule has 3 heterocycles. The summed E-state index contributed by atoms with van der Waals surface area (Å²) in [6, 6.07) is 12.0. The number of rotatable bonds is 1. The number of aliphatic imine (C=N–C) groups is 1. The molecule has 1 spiro atoms. The molecule has 136 valence electrons. The van der Waals surface area contributed by atoms with Gasteiger partial charge in [-0.15, -0.1) is 5.92 Å². The third-order valence-electron chi connectivity index (χ3n) is 4.96. The van der Waals surface area contributed by atoms with Crippen molar-refractivity contribution in [3.8, 4) is 34.5 Å². The van der Waals surface area contributed by atoms with Crippen molar-refractivity contribution in [1.82, 2.24) is 9.97 Å². The van der Waals surface area contributed by atoms with Crippen LogP contribution in [0.2, 0.25) is 0 Å². The summed E-state index contributed by atoms with van der Waals surface area (Å²) in [6.45, 7) is 2.12. The third kappa shape index (κ3) is 2.41. The summed E-state index contributed by atoms with van der Waals surface area (Å²) >= 11 is 0. The Morgan fingerprint density at radius 1 is 1.00 bits per heavy atom. The van der Waals surface area contributed by atoms with Crippen molar-refractivity contribution < 1.29 is 9.47 Å². The van der Waals surface area contributed by atoms with E-state index in [1.165, 1.54) is 6.33 Å². The molecule has 5 rings (SSSR count). The summed E-state index contributed by atoms with van der Waals surface area (Å²) in [6.07, 6.45) is 5.06. The van der Waals surface area contributed by atoms with Crippen molar-refractivity contribution >= 4 is 6.02 Å². The standard InChI is InChI=1S/C22H16N4O2/c1-2-3-14-4-6-19-17(8-14)22(12-27-21(23)26-22)18-9-15(5-7-20(18)28-19)16-10-24-13-25-11-16/h4-11,13H,12H2,1H3,(H2,23,26). The summed E-state index contributed by atoms with van der Waals surface area (Å²) in [4.78, 5) is 12.9. The second kappa shape index (κ2) is 6.10. The Morgan fingerprint density at radius 3 is 2.46 bits per heavy atom. The van der Waals surface area contributed by atoms with Gasteiger partial charge in [-0.1, -0.05) is 12.0 Å². The Morgan fingerprint density at radius 2 is 1.75 bits per heavy atom. The largest absolute Gasteiger partial charge is 0.462 e. The Labute approximate surface area is 162 Å². The maximum Gasteiger partial charge on any atom is 0.283 e. The minimum Gasteiger partial charge on any atom is -0.462 e. The first-order valence-electron chi connectivity index (χ1n) is 8.83. The van der Waals surface area contributed by atoms with Crippen LogP contribution in [0.15, 0.2) is 60.1 Å². The lowest BCUT2D eigenvalue weighted by Gasteiger charge is -2.33. The van der Waals surface area contributed by atoms with Gasteiger partial charge in [0.2, 0.25) is 0 Å². The van der Waals surface area contributed by atoms with Crippen molar-refractivity contribution in [2.75, 3.05) is 6.61 Å². The van der Waals surface area contributed by atoms with Crippen molar-refractivity contribution in [2.24, 2.45) is 10.7 Å². The number of nitrogens with zero attached hydrogens (tertiary/aromatic N) is 3. The highest BCUT2D eigenvalue weighted by atomic mass is 16.5. The van der Waals surface area contributed by atoms with E-state index in [0.29, 0.717) is 6.61 Å². The molecule has 6 nitrogen and oxygen atoms in total. The molecule has 0 bridgehead atoms. The molecule has 2 aromatic carbocycles. The van der Waals surface area contributed by atoms with Gasteiger partial charge < -0.3 is 15.2 Å². The number of ether oxygens (including phenoxy) is 2. The highest BCUT2D eigenvalue weighted by Crippen LogP contribution is 2.51. The number of fused-ring (bicyclic) bond motifs is 4. The molecule has 0 aliphatic carbocycles. The zero-order valence-corrected chi connectivity index (χ0v) is 15.1. The molecule has 1 atom stereocenters. The Kier molecular flexibility index (Phi) is 3.56. The van der Waals surface area contributed by atoms with E-state index in [1.54, 1.807) is 12.4 Å². The first-order chi connectivity index (χ1) is 13.7. The summed E-state index contributed by atoms with van der Waals surface area (Å²) in [5, 5.41) is 0. The van der Waals surface area contributed by atoms with Gasteiger partial charge in [-0.25, -0.2) is 15.0 Å². The van der Waals surface area contributed by atoms with Gasteiger partial charge in [0.25, 0.3) is 6.02 Å². The molecule has 2 N–H and O–H groups in total. The molecule has 0 amide bonds. The number of aromatic nitrogens is 2. The summed E-state index contributed by atoms with van der Waals surface area (Å²) < 4.78 is 11.8. The fourth-order valence-corrected chi connectivity index (χ4v) is 3.70. The van der Waals surface area contributed by atoms with Gasteiger partial charge in [-0.05, 0) is 42.8 Å². The lowest BCUT2D eigenvalue weighted by molar-refractivity contribution is 0.264. The molecule has 0 saturated heterocycles. The molecule has 2 aliphatic heterocycles. The molecule has 0 saturated carbocycles. The highest BCUT2D eigenvalue weighted by molar-refractivity contribution is 5.78. The maximum atomic E-state index is 6.18. The SMILES string of the molecule is CC#Cc1ccc2c(c1)C1(COC(N)=N1)c1cc(-c3cncnc3)ccc1O2. The van der Waals surface area contributed by atoms with E-state index in [0.717, 1.165) is 39.3 Å². The zero-order valence-electron chi connectivity index (χ0n) is 15.1. The van der Waals surface area contributed by atoms with Gasteiger partial charge in [-0.3, -0.25) is 0 Å². The van der Waals surface area contributed by atoms with E-state index in [1.807, 2.05) is 43.3 Å². The van der Waals surface area contributed by atoms with Crippen LogP contribution in [-0.2, 0) is 10.3 Å². The zero-order chi connectivity index (χ0) is 19.1. The van der Waals surface area contributed by atoms with Gasteiger partial charge in [0.15, 0.2) is 5.54 Å². The summed E-state index contributed by atoms with van der Waals surface area (Å²) in [5.41, 5.74) is 9.72. The van der Waals surface area contributed by atoms with Gasteiger partial charge >= 0.3 is 0 Å². The van der Waals surface area contributed by atoms with Crippen molar-refractivity contribution in [3.05, 3.63) is 71.8 Å². The van der Waals surface area contributed by atoms with E-state index in [-0.39, 0.29) is 6.02 Å². The smallest absolute Gasteiger partial charge is 0.283 e. The van der Waals surface area contributed by atoms with Gasteiger partial charge in [0.1, 0.15) is 24.4 Å². The molecular formula is C22H16N4O2. The van der Waals surface area contributed by atoms with Crippen LogP contribution in [0, 0.1) is 11.8 Å². The van der Waals surface area contributed by atoms with Crippen LogP contribution in [0.1, 0.15) is 23.6 Å². The fourth-order valence-electron chi connectivity index (χ4n) is 3.70. The number of hydrogen-bond acceptors (Lipinski definition) is 6. The highest BCUT2D eigenvalue weighted by Gasteiger charge is 2.47. The molecular weight excluding hydrogens is 352 g/mol. The molecule has 6 heteroatoms. The van der Waals surface area contributed by atoms with Crippen molar-refractivity contribution in [2.45, 2.75) is 12.5 Å². The topological polar surface area (TPSA) is 82.6 Å². The molecule has 1 aromatic heterocycles. The monoisotopic (exact) mass is 368 g/mol. The normalized spacial score (nSPS) is 18.8. The van der Waals surface area contributed by atoms with Crippen LogP contribution in [0.3, 0.4) is 0 Å². The molecule has 28 heavy (non-hydrogen) atoms. The van der Waals surface area contributed by atoms with Crippen LogP contribution in [0.5, 0.6) is 11.5 Å². The molecule has 3 aromatic rings. The predicted molar refractivity (Wildman–Crippen MR) is 105 cm³/mol. The minimum absolute atomic E-state index is 0.166. The lowest BCUT2D eigenvalue weighted by atomic mass is 9.80. The maximum absolute atomic E-state index is 6.18. The predicted octanol–water partition coefficient (Wildman–Crippen LogP) is 3.21. The van der Waals surface area contributed by atoms with E-state index in [9.17, 15) is 0 Å².